The number of ether oxygens (including phenoxy) is 2. The van der Waals surface area contributed by atoms with Crippen LogP contribution in [0.4, 0.5) is 0 Å². The fourth-order valence-electron chi connectivity index (χ4n) is 2.43. The van der Waals surface area contributed by atoms with Crippen LogP contribution in [0.15, 0.2) is 24.3 Å². The van der Waals surface area contributed by atoms with Crippen molar-refractivity contribution in [3.63, 3.8) is 0 Å². The summed E-state index contributed by atoms with van der Waals surface area (Å²) in [5.41, 5.74) is 1.31. The van der Waals surface area contributed by atoms with E-state index in [9.17, 15) is 0 Å². The molecule has 0 aromatic heterocycles. The molecular formula is C14H21NO2. The molecule has 1 aromatic carbocycles. The summed E-state index contributed by atoms with van der Waals surface area (Å²) >= 11 is 0. The lowest BCUT2D eigenvalue weighted by Gasteiger charge is -2.22. The second-order valence-corrected chi connectivity index (χ2v) is 4.39. The van der Waals surface area contributed by atoms with E-state index >= 15 is 0 Å². The summed E-state index contributed by atoms with van der Waals surface area (Å²) in [5.74, 6) is 1.52. The van der Waals surface area contributed by atoms with Crippen molar-refractivity contribution < 1.29 is 9.47 Å². The standard InChI is InChI=1S/C14H21NO2/c1-3-17-13-6-4-11(5-7-13)14(15-2)12-8-9-16-10-12/h4-7,12,14-15H,3,8-10H2,1-2H3. The molecule has 1 aromatic rings. The number of benzene rings is 1. The minimum absolute atomic E-state index is 0.383. The molecule has 1 saturated heterocycles. The van der Waals surface area contributed by atoms with Gasteiger partial charge in [0.1, 0.15) is 5.75 Å². The summed E-state index contributed by atoms with van der Waals surface area (Å²) in [6.07, 6.45) is 1.14. The van der Waals surface area contributed by atoms with Crippen LogP contribution in [0, 0.1) is 5.92 Å². The highest BCUT2D eigenvalue weighted by atomic mass is 16.5. The van der Waals surface area contributed by atoms with E-state index in [1.165, 1.54) is 5.56 Å². The maximum absolute atomic E-state index is 5.46. The fraction of sp³-hybridized carbons (Fsp3) is 0.571. The van der Waals surface area contributed by atoms with Crippen LogP contribution in [-0.4, -0.2) is 26.9 Å². The first-order valence-corrected chi connectivity index (χ1v) is 6.33. The maximum Gasteiger partial charge on any atom is 0.119 e. The molecule has 1 heterocycles. The lowest BCUT2D eigenvalue weighted by Crippen LogP contribution is -2.25. The highest BCUT2D eigenvalue weighted by Crippen LogP contribution is 2.29. The smallest absolute Gasteiger partial charge is 0.119 e. The van der Waals surface area contributed by atoms with Gasteiger partial charge in [0.25, 0.3) is 0 Å². The van der Waals surface area contributed by atoms with E-state index in [-0.39, 0.29) is 0 Å². The van der Waals surface area contributed by atoms with E-state index < -0.39 is 0 Å². The number of nitrogens with one attached hydrogen (secondary N) is 1. The lowest BCUT2D eigenvalue weighted by atomic mass is 9.92. The predicted molar refractivity (Wildman–Crippen MR) is 68.3 cm³/mol. The van der Waals surface area contributed by atoms with Gasteiger partial charge in [-0.15, -0.1) is 0 Å². The van der Waals surface area contributed by atoms with Crippen molar-refractivity contribution >= 4 is 0 Å². The average molecular weight is 235 g/mol. The van der Waals surface area contributed by atoms with Crippen LogP contribution in [0.25, 0.3) is 0 Å². The molecule has 17 heavy (non-hydrogen) atoms. The highest BCUT2D eigenvalue weighted by Gasteiger charge is 2.25. The van der Waals surface area contributed by atoms with Gasteiger partial charge in [0, 0.05) is 18.6 Å². The zero-order valence-electron chi connectivity index (χ0n) is 10.6. The van der Waals surface area contributed by atoms with Gasteiger partial charge in [0.15, 0.2) is 0 Å². The molecule has 0 spiro atoms. The molecule has 1 N–H and O–H groups in total. The van der Waals surface area contributed by atoms with Gasteiger partial charge in [-0.2, -0.15) is 0 Å². The van der Waals surface area contributed by atoms with Crippen LogP contribution in [0.5, 0.6) is 5.75 Å². The molecule has 0 amide bonds. The Morgan fingerprint density at radius 1 is 1.41 bits per heavy atom. The van der Waals surface area contributed by atoms with Gasteiger partial charge in [-0.1, -0.05) is 12.1 Å². The third-order valence-corrected chi connectivity index (χ3v) is 3.30. The van der Waals surface area contributed by atoms with Crippen molar-refractivity contribution in [1.82, 2.24) is 5.32 Å². The van der Waals surface area contributed by atoms with Gasteiger partial charge in [-0.25, -0.2) is 0 Å². The summed E-state index contributed by atoms with van der Waals surface area (Å²) in [5, 5.41) is 3.39. The second-order valence-electron chi connectivity index (χ2n) is 4.39. The van der Waals surface area contributed by atoms with Crippen LogP contribution in [0.1, 0.15) is 24.9 Å². The summed E-state index contributed by atoms with van der Waals surface area (Å²) in [6.45, 7) is 4.46. The predicted octanol–water partition coefficient (Wildman–Crippen LogP) is 2.38. The van der Waals surface area contributed by atoms with Gasteiger partial charge in [-0.3, -0.25) is 0 Å². The van der Waals surface area contributed by atoms with Crippen LogP contribution < -0.4 is 10.1 Å². The molecule has 0 saturated carbocycles. The Labute approximate surface area is 103 Å². The Balaban J connectivity index is 2.07. The van der Waals surface area contributed by atoms with Crippen molar-refractivity contribution in [2.45, 2.75) is 19.4 Å². The summed E-state index contributed by atoms with van der Waals surface area (Å²) in [7, 11) is 2.01. The largest absolute Gasteiger partial charge is 0.494 e. The Morgan fingerprint density at radius 2 is 2.18 bits per heavy atom. The SMILES string of the molecule is CCOc1ccc(C(NC)C2CCOC2)cc1. The molecule has 3 nitrogen and oxygen atoms in total. The van der Waals surface area contributed by atoms with Gasteiger partial charge in [0.05, 0.1) is 13.2 Å². The van der Waals surface area contributed by atoms with E-state index in [0.717, 1.165) is 25.4 Å². The minimum Gasteiger partial charge on any atom is -0.494 e. The Hall–Kier alpha value is -1.06. The van der Waals surface area contributed by atoms with Crippen molar-refractivity contribution in [2.24, 2.45) is 5.92 Å². The molecule has 2 rings (SSSR count). The normalized spacial score (nSPS) is 21.4. The van der Waals surface area contributed by atoms with E-state index in [0.29, 0.717) is 18.6 Å². The minimum atomic E-state index is 0.383. The number of rotatable bonds is 5. The molecule has 2 atom stereocenters. The monoisotopic (exact) mass is 235 g/mol. The fourth-order valence-corrected chi connectivity index (χ4v) is 2.43. The van der Waals surface area contributed by atoms with Gasteiger partial charge in [0.2, 0.25) is 0 Å². The molecule has 1 aliphatic rings. The Kier molecular flexibility index (Phi) is 4.40. The zero-order valence-corrected chi connectivity index (χ0v) is 10.6. The van der Waals surface area contributed by atoms with Crippen molar-refractivity contribution in [1.29, 1.82) is 0 Å². The summed E-state index contributed by atoms with van der Waals surface area (Å²) < 4.78 is 10.9. The zero-order chi connectivity index (χ0) is 12.1. The van der Waals surface area contributed by atoms with E-state index in [4.69, 9.17) is 9.47 Å². The van der Waals surface area contributed by atoms with Gasteiger partial charge in [-0.05, 0) is 38.1 Å². The molecule has 0 radical (unpaired) electrons. The van der Waals surface area contributed by atoms with Crippen LogP contribution in [0.3, 0.4) is 0 Å². The van der Waals surface area contributed by atoms with E-state index in [1.54, 1.807) is 0 Å². The molecule has 94 valence electrons. The first-order chi connectivity index (χ1) is 8.35. The molecular weight excluding hydrogens is 214 g/mol. The average Bonchev–Trinajstić information content (AvgIpc) is 2.86. The van der Waals surface area contributed by atoms with Crippen LogP contribution >= 0.6 is 0 Å². The quantitative estimate of drug-likeness (QED) is 0.850. The topological polar surface area (TPSA) is 30.5 Å². The van der Waals surface area contributed by atoms with Crippen molar-refractivity contribution in [3.8, 4) is 5.75 Å². The first kappa shape index (κ1) is 12.4. The van der Waals surface area contributed by atoms with Gasteiger partial charge < -0.3 is 14.8 Å². The maximum atomic E-state index is 5.46. The van der Waals surface area contributed by atoms with E-state index in [2.05, 4.69) is 17.4 Å². The highest BCUT2D eigenvalue weighted by molar-refractivity contribution is 5.29. The molecule has 0 bridgehead atoms. The Morgan fingerprint density at radius 3 is 2.71 bits per heavy atom. The van der Waals surface area contributed by atoms with E-state index in [1.807, 2.05) is 26.1 Å². The molecule has 0 aliphatic carbocycles. The van der Waals surface area contributed by atoms with Crippen molar-refractivity contribution in [2.75, 3.05) is 26.9 Å². The van der Waals surface area contributed by atoms with Crippen molar-refractivity contribution in [3.05, 3.63) is 29.8 Å². The first-order valence-electron chi connectivity index (χ1n) is 6.33. The number of hydrogen-bond donors (Lipinski definition) is 1. The third-order valence-electron chi connectivity index (χ3n) is 3.30. The number of hydrogen-bond acceptors (Lipinski definition) is 3. The van der Waals surface area contributed by atoms with Crippen LogP contribution in [0.2, 0.25) is 0 Å². The van der Waals surface area contributed by atoms with Crippen LogP contribution in [-0.2, 0) is 4.74 Å². The summed E-state index contributed by atoms with van der Waals surface area (Å²) in [4.78, 5) is 0. The molecule has 3 heteroatoms. The molecule has 1 fully saturated rings. The third kappa shape index (κ3) is 2.99. The Bertz CT molecular complexity index is 331. The molecule has 2 unspecified atom stereocenters. The second kappa shape index (κ2) is 6.03. The molecule has 1 aliphatic heterocycles. The summed E-state index contributed by atoms with van der Waals surface area (Å²) in [6, 6.07) is 8.75. The lowest BCUT2D eigenvalue weighted by molar-refractivity contribution is 0.178. The van der Waals surface area contributed by atoms with Gasteiger partial charge >= 0.3 is 0 Å².